The van der Waals surface area contributed by atoms with Crippen molar-refractivity contribution in [1.29, 1.82) is 0 Å². The van der Waals surface area contributed by atoms with E-state index < -0.39 is 11.6 Å². The third-order valence-electron chi connectivity index (χ3n) is 2.19. The zero-order valence-electron chi connectivity index (χ0n) is 8.45. The van der Waals surface area contributed by atoms with Crippen molar-refractivity contribution in [3.63, 3.8) is 0 Å². The molecular formula is C11H10FNO2. The van der Waals surface area contributed by atoms with Gasteiger partial charge in [0.15, 0.2) is 11.4 Å². The van der Waals surface area contributed by atoms with E-state index >= 15 is 0 Å². The van der Waals surface area contributed by atoms with Gasteiger partial charge in [-0.25, -0.2) is 9.18 Å². The zero-order valence-corrected chi connectivity index (χ0v) is 8.45. The third-order valence-corrected chi connectivity index (χ3v) is 2.19. The first-order valence-electron chi connectivity index (χ1n) is 4.69. The van der Waals surface area contributed by atoms with Gasteiger partial charge < -0.3 is 4.42 Å². The van der Waals surface area contributed by atoms with Crippen LogP contribution in [0.1, 0.15) is 25.5 Å². The SMILES string of the molecule is CC(C)c1nc(=O)oc2c(F)cccc12. The quantitative estimate of drug-likeness (QED) is 0.721. The van der Waals surface area contributed by atoms with Crippen molar-refractivity contribution in [2.45, 2.75) is 19.8 Å². The van der Waals surface area contributed by atoms with E-state index in [0.29, 0.717) is 11.1 Å². The van der Waals surface area contributed by atoms with Crippen LogP contribution in [-0.4, -0.2) is 4.98 Å². The molecule has 0 atom stereocenters. The fourth-order valence-electron chi connectivity index (χ4n) is 1.52. The molecule has 3 nitrogen and oxygen atoms in total. The van der Waals surface area contributed by atoms with E-state index in [1.54, 1.807) is 12.1 Å². The number of hydrogen-bond acceptors (Lipinski definition) is 3. The number of nitrogens with zero attached hydrogens (tertiary/aromatic N) is 1. The molecule has 0 aliphatic rings. The number of para-hydroxylation sites is 1. The number of fused-ring (bicyclic) bond motifs is 1. The second kappa shape index (κ2) is 3.46. The molecule has 2 aromatic rings. The molecule has 0 radical (unpaired) electrons. The topological polar surface area (TPSA) is 43.1 Å². The van der Waals surface area contributed by atoms with Gasteiger partial charge in [-0.05, 0) is 18.1 Å². The molecule has 0 amide bonds. The van der Waals surface area contributed by atoms with E-state index in [-0.39, 0.29) is 11.5 Å². The number of rotatable bonds is 1. The van der Waals surface area contributed by atoms with Crippen LogP contribution in [-0.2, 0) is 0 Å². The van der Waals surface area contributed by atoms with Gasteiger partial charge in [-0.15, -0.1) is 0 Å². The Balaban J connectivity index is 2.93. The van der Waals surface area contributed by atoms with Crippen molar-refractivity contribution >= 4 is 11.0 Å². The molecule has 0 N–H and O–H groups in total. The lowest BCUT2D eigenvalue weighted by Crippen LogP contribution is -2.09. The van der Waals surface area contributed by atoms with Gasteiger partial charge in [0.1, 0.15) is 0 Å². The summed E-state index contributed by atoms with van der Waals surface area (Å²) in [5.41, 5.74) is 0.557. The van der Waals surface area contributed by atoms with E-state index in [9.17, 15) is 9.18 Å². The Bertz CT molecular complexity index is 560. The van der Waals surface area contributed by atoms with E-state index in [1.165, 1.54) is 6.07 Å². The first-order chi connectivity index (χ1) is 7.09. The average Bonchev–Trinajstić information content (AvgIpc) is 2.18. The second-order valence-corrected chi connectivity index (χ2v) is 3.64. The number of benzene rings is 1. The summed E-state index contributed by atoms with van der Waals surface area (Å²) < 4.78 is 18.1. The van der Waals surface area contributed by atoms with Gasteiger partial charge in [-0.3, -0.25) is 0 Å². The minimum absolute atomic E-state index is 0.0128. The van der Waals surface area contributed by atoms with Gasteiger partial charge in [-0.2, -0.15) is 4.98 Å². The minimum atomic E-state index is -0.753. The predicted octanol–water partition coefficient (Wildman–Crippen LogP) is 2.45. The lowest BCUT2D eigenvalue weighted by Gasteiger charge is -2.06. The highest BCUT2D eigenvalue weighted by molar-refractivity contribution is 5.79. The van der Waals surface area contributed by atoms with Gasteiger partial charge in [0.05, 0.1) is 5.69 Å². The molecule has 2 rings (SSSR count). The van der Waals surface area contributed by atoms with E-state index in [2.05, 4.69) is 4.98 Å². The third kappa shape index (κ3) is 1.63. The highest BCUT2D eigenvalue weighted by Gasteiger charge is 2.12. The summed E-state index contributed by atoms with van der Waals surface area (Å²) in [4.78, 5) is 14.9. The molecule has 1 heterocycles. The number of aromatic nitrogens is 1. The standard InChI is InChI=1S/C11H10FNO2/c1-6(2)9-7-4-3-5-8(12)10(7)15-11(14)13-9/h3-6H,1-2H3. The normalized spacial score (nSPS) is 11.2. The van der Waals surface area contributed by atoms with Gasteiger partial charge in [-0.1, -0.05) is 19.9 Å². The first kappa shape index (κ1) is 9.83. The van der Waals surface area contributed by atoms with Gasteiger partial charge in [0, 0.05) is 5.39 Å². The molecule has 0 bridgehead atoms. The summed E-state index contributed by atoms with van der Waals surface area (Å²) in [6.07, 6.45) is 0. The van der Waals surface area contributed by atoms with Crippen LogP contribution < -0.4 is 5.76 Å². The number of halogens is 1. The molecule has 0 saturated heterocycles. The summed E-state index contributed by atoms with van der Waals surface area (Å²) in [5, 5.41) is 0.560. The molecule has 0 unspecified atom stereocenters. The fraction of sp³-hybridized carbons (Fsp3) is 0.273. The van der Waals surface area contributed by atoms with E-state index in [1.807, 2.05) is 13.8 Å². The van der Waals surface area contributed by atoms with Crippen LogP contribution in [0, 0.1) is 5.82 Å². The van der Waals surface area contributed by atoms with Crippen molar-refractivity contribution in [3.05, 3.63) is 40.3 Å². The summed E-state index contributed by atoms with van der Waals surface area (Å²) in [6, 6.07) is 4.53. The Kier molecular flexibility index (Phi) is 2.26. The molecule has 4 heteroatoms. The second-order valence-electron chi connectivity index (χ2n) is 3.64. The highest BCUT2D eigenvalue weighted by atomic mass is 19.1. The zero-order chi connectivity index (χ0) is 11.0. The van der Waals surface area contributed by atoms with Crippen molar-refractivity contribution in [1.82, 2.24) is 4.98 Å². The maximum atomic E-state index is 13.3. The Morgan fingerprint density at radius 3 is 2.80 bits per heavy atom. The van der Waals surface area contributed by atoms with Crippen LogP contribution in [0.25, 0.3) is 11.0 Å². The van der Waals surface area contributed by atoms with Crippen LogP contribution in [0.15, 0.2) is 27.4 Å². The summed E-state index contributed by atoms with van der Waals surface area (Å²) >= 11 is 0. The van der Waals surface area contributed by atoms with Gasteiger partial charge in [0.25, 0.3) is 0 Å². The Morgan fingerprint density at radius 2 is 2.13 bits per heavy atom. The molecule has 0 saturated carbocycles. The van der Waals surface area contributed by atoms with Crippen LogP contribution >= 0.6 is 0 Å². The lowest BCUT2D eigenvalue weighted by molar-refractivity contribution is 0.496. The smallest absolute Gasteiger partial charge is 0.405 e. The fourth-order valence-corrected chi connectivity index (χ4v) is 1.52. The van der Waals surface area contributed by atoms with Crippen LogP contribution in [0.2, 0.25) is 0 Å². The number of hydrogen-bond donors (Lipinski definition) is 0. The summed E-state index contributed by atoms with van der Waals surface area (Å²) in [5.74, 6) is -1.23. The maximum absolute atomic E-state index is 13.3. The molecule has 0 aliphatic heterocycles. The van der Waals surface area contributed by atoms with E-state index in [4.69, 9.17) is 4.42 Å². The van der Waals surface area contributed by atoms with E-state index in [0.717, 1.165) is 0 Å². The summed E-state index contributed by atoms with van der Waals surface area (Å²) in [6.45, 7) is 3.79. The van der Waals surface area contributed by atoms with Crippen molar-refractivity contribution in [2.24, 2.45) is 0 Å². The molecule has 15 heavy (non-hydrogen) atoms. The van der Waals surface area contributed by atoms with Crippen LogP contribution in [0.5, 0.6) is 0 Å². The molecule has 1 aromatic heterocycles. The Labute approximate surface area is 85.6 Å². The van der Waals surface area contributed by atoms with Crippen LogP contribution in [0.4, 0.5) is 4.39 Å². The van der Waals surface area contributed by atoms with Gasteiger partial charge in [0.2, 0.25) is 0 Å². The monoisotopic (exact) mass is 207 g/mol. The average molecular weight is 207 g/mol. The van der Waals surface area contributed by atoms with Gasteiger partial charge >= 0.3 is 5.76 Å². The lowest BCUT2D eigenvalue weighted by atomic mass is 10.1. The minimum Gasteiger partial charge on any atom is -0.405 e. The first-order valence-corrected chi connectivity index (χ1v) is 4.69. The molecule has 0 fully saturated rings. The van der Waals surface area contributed by atoms with Crippen molar-refractivity contribution in [3.8, 4) is 0 Å². The predicted molar refractivity (Wildman–Crippen MR) is 54.3 cm³/mol. The molecule has 0 aliphatic carbocycles. The maximum Gasteiger partial charge on any atom is 0.439 e. The molecule has 0 spiro atoms. The Hall–Kier alpha value is -1.71. The largest absolute Gasteiger partial charge is 0.439 e. The molecule has 1 aromatic carbocycles. The highest BCUT2D eigenvalue weighted by Crippen LogP contribution is 2.23. The molecule has 78 valence electrons. The Morgan fingerprint density at radius 1 is 1.40 bits per heavy atom. The molecular weight excluding hydrogens is 197 g/mol. The van der Waals surface area contributed by atoms with Crippen molar-refractivity contribution in [2.75, 3.05) is 0 Å². The van der Waals surface area contributed by atoms with Crippen molar-refractivity contribution < 1.29 is 8.81 Å². The van der Waals surface area contributed by atoms with Crippen LogP contribution in [0.3, 0.4) is 0 Å². The summed E-state index contributed by atoms with van der Waals surface area (Å²) in [7, 11) is 0.